The summed E-state index contributed by atoms with van der Waals surface area (Å²) in [5.74, 6) is 0.598. The van der Waals surface area contributed by atoms with Gasteiger partial charge in [-0.1, -0.05) is 19.9 Å². The Morgan fingerprint density at radius 2 is 1.89 bits per heavy atom. The standard InChI is InChI=1S/C22H29N3O3/c1-4-12-27-21-11-8-18(13-16(21)5-2)20(14-28-15(3)26)25-19-9-6-17(7-10-19)22(23)24/h6-11,13,20,25H,4-5,12,14H2,1-3H3,(H3,23,24). The van der Waals surface area contributed by atoms with Gasteiger partial charge in [0.05, 0.1) is 12.6 Å². The molecule has 28 heavy (non-hydrogen) atoms. The van der Waals surface area contributed by atoms with E-state index in [-0.39, 0.29) is 24.5 Å². The van der Waals surface area contributed by atoms with E-state index in [1.165, 1.54) is 6.92 Å². The van der Waals surface area contributed by atoms with Crippen LogP contribution >= 0.6 is 0 Å². The van der Waals surface area contributed by atoms with E-state index in [1.54, 1.807) is 12.1 Å². The van der Waals surface area contributed by atoms with Crippen LogP contribution in [0.4, 0.5) is 5.69 Å². The fourth-order valence-corrected chi connectivity index (χ4v) is 2.81. The third kappa shape index (κ3) is 6.01. The van der Waals surface area contributed by atoms with Crippen molar-refractivity contribution in [2.24, 2.45) is 5.73 Å². The molecule has 0 radical (unpaired) electrons. The Morgan fingerprint density at radius 1 is 1.18 bits per heavy atom. The molecule has 2 aromatic rings. The Labute approximate surface area is 166 Å². The summed E-state index contributed by atoms with van der Waals surface area (Å²) in [6.45, 7) is 6.47. The number of amidine groups is 1. The molecule has 2 rings (SSSR count). The maximum Gasteiger partial charge on any atom is 0.302 e. The molecule has 0 heterocycles. The molecule has 6 nitrogen and oxygen atoms in total. The van der Waals surface area contributed by atoms with Crippen LogP contribution in [-0.2, 0) is 16.0 Å². The molecule has 1 unspecified atom stereocenters. The number of nitrogen functional groups attached to an aromatic ring is 1. The van der Waals surface area contributed by atoms with Crippen molar-refractivity contribution < 1.29 is 14.3 Å². The molecular formula is C22H29N3O3. The van der Waals surface area contributed by atoms with Gasteiger partial charge in [-0.05, 0) is 60.4 Å². The van der Waals surface area contributed by atoms with Gasteiger partial charge in [0.1, 0.15) is 18.2 Å². The molecule has 4 N–H and O–H groups in total. The Hall–Kier alpha value is -3.02. The minimum absolute atomic E-state index is 0.0262. The molecular weight excluding hydrogens is 354 g/mol. The number of carbonyl (C=O) groups excluding carboxylic acids is 1. The summed E-state index contributed by atoms with van der Waals surface area (Å²) in [7, 11) is 0. The van der Waals surface area contributed by atoms with Crippen LogP contribution in [0.1, 0.15) is 49.9 Å². The third-order valence-electron chi connectivity index (χ3n) is 4.32. The van der Waals surface area contributed by atoms with Crippen LogP contribution in [0.15, 0.2) is 42.5 Å². The van der Waals surface area contributed by atoms with Crippen molar-refractivity contribution >= 4 is 17.5 Å². The predicted molar refractivity (Wildman–Crippen MR) is 112 cm³/mol. The number of rotatable bonds is 10. The summed E-state index contributed by atoms with van der Waals surface area (Å²) in [6.07, 6.45) is 1.80. The van der Waals surface area contributed by atoms with Gasteiger partial charge in [-0.25, -0.2) is 0 Å². The molecule has 1 atom stereocenters. The van der Waals surface area contributed by atoms with Crippen molar-refractivity contribution in [1.82, 2.24) is 0 Å². The minimum atomic E-state index is -0.322. The second-order valence-electron chi connectivity index (χ2n) is 6.56. The molecule has 0 saturated heterocycles. The van der Waals surface area contributed by atoms with E-state index in [2.05, 4.69) is 25.2 Å². The van der Waals surface area contributed by atoms with Gasteiger partial charge in [0.25, 0.3) is 0 Å². The van der Waals surface area contributed by atoms with Gasteiger partial charge >= 0.3 is 5.97 Å². The molecule has 0 spiro atoms. The van der Waals surface area contributed by atoms with Crippen LogP contribution in [-0.4, -0.2) is 25.0 Å². The van der Waals surface area contributed by atoms with E-state index in [9.17, 15) is 4.79 Å². The van der Waals surface area contributed by atoms with Crippen LogP contribution in [0.2, 0.25) is 0 Å². The number of hydrogen-bond donors (Lipinski definition) is 3. The second-order valence-corrected chi connectivity index (χ2v) is 6.56. The number of aryl methyl sites for hydroxylation is 1. The monoisotopic (exact) mass is 383 g/mol. The topological polar surface area (TPSA) is 97.4 Å². The number of anilines is 1. The van der Waals surface area contributed by atoms with E-state index >= 15 is 0 Å². The van der Waals surface area contributed by atoms with E-state index in [0.717, 1.165) is 35.4 Å². The first-order valence-electron chi connectivity index (χ1n) is 9.54. The van der Waals surface area contributed by atoms with E-state index in [0.29, 0.717) is 12.2 Å². The van der Waals surface area contributed by atoms with E-state index < -0.39 is 0 Å². The first kappa shape index (κ1) is 21.3. The Balaban J connectivity index is 2.26. The lowest BCUT2D eigenvalue weighted by molar-refractivity contribution is -0.141. The van der Waals surface area contributed by atoms with Gasteiger partial charge in [-0.2, -0.15) is 0 Å². The number of ether oxygens (including phenoxy) is 2. The number of carbonyl (C=O) groups is 1. The zero-order chi connectivity index (χ0) is 20.5. The van der Waals surface area contributed by atoms with Crippen LogP contribution in [0.3, 0.4) is 0 Å². The Kier molecular flexibility index (Phi) is 7.87. The molecule has 0 amide bonds. The van der Waals surface area contributed by atoms with Crippen molar-refractivity contribution in [2.75, 3.05) is 18.5 Å². The smallest absolute Gasteiger partial charge is 0.302 e. The quantitative estimate of drug-likeness (QED) is 0.327. The first-order valence-corrected chi connectivity index (χ1v) is 9.54. The lowest BCUT2D eigenvalue weighted by Crippen LogP contribution is -2.19. The van der Waals surface area contributed by atoms with Crippen molar-refractivity contribution in [2.45, 2.75) is 39.7 Å². The number of nitrogens with one attached hydrogen (secondary N) is 2. The maximum absolute atomic E-state index is 11.3. The summed E-state index contributed by atoms with van der Waals surface area (Å²) in [5, 5.41) is 10.9. The number of esters is 1. The normalized spacial score (nSPS) is 11.5. The van der Waals surface area contributed by atoms with Crippen LogP contribution in [0.25, 0.3) is 0 Å². The molecule has 6 heteroatoms. The highest BCUT2D eigenvalue weighted by Crippen LogP contribution is 2.27. The number of hydrogen-bond acceptors (Lipinski definition) is 5. The average Bonchev–Trinajstić information content (AvgIpc) is 2.69. The first-order chi connectivity index (χ1) is 13.4. The predicted octanol–water partition coefficient (Wildman–Crippen LogP) is 4.04. The molecule has 2 aromatic carbocycles. The van der Waals surface area contributed by atoms with Crippen molar-refractivity contribution in [3.8, 4) is 5.75 Å². The van der Waals surface area contributed by atoms with Crippen LogP contribution < -0.4 is 15.8 Å². The highest BCUT2D eigenvalue weighted by atomic mass is 16.5. The fourth-order valence-electron chi connectivity index (χ4n) is 2.81. The highest BCUT2D eigenvalue weighted by molar-refractivity contribution is 5.95. The van der Waals surface area contributed by atoms with Gasteiger partial charge in [0, 0.05) is 18.2 Å². The molecule has 0 saturated carbocycles. The molecule has 0 fully saturated rings. The van der Waals surface area contributed by atoms with Gasteiger partial charge in [0.15, 0.2) is 0 Å². The van der Waals surface area contributed by atoms with E-state index in [1.807, 2.05) is 24.3 Å². The lowest BCUT2D eigenvalue weighted by Gasteiger charge is -2.22. The maximum atomic E-state index is 11.3. The SMILES string of the molecule is CCCOc1ccc(C(COC(C)=O)Nc2ccc(C(=N)N)cc2)cc1CC. The van der Waals surface area contributed by atoms with Gasteiger partial charge in [0.2, 0.25) is 0 Å². The van der Waals surface area contributed by atoms with Crippen molar-refractivity contribution in [1.29, 1.82) is 5.41 Å². The molecule has 0 aliphatic heterocycles. The summed E-state index contributed by atoms with van der Waals surface area (Å²) in [4.78, 5) is 11.3. The number of benzene rings is 2. The molecule has 0 aliphatic rings. The summed E-state index contributed by atoms with van der Waals surface area (Å²) < 4.78 is 11.1. The largest absolute Gasteiger partial charge is 0.493 e. The van der Waals surface area contributed by atoms with Gasteiger partial charge < -0.3 is 20.5 Å². The summed E-state index contributed by atoms with van der Waals surface area (Å²) >= 11 is 0. The second kappa shape index (κ2) is 10.3. The van der Waals surface area contributed by atoms with E-state index in [4.69, 9.17) is 20.6 Å². The highest BCUT2D eigenvalue weighted by Gasteiger charge is 2.16. The zero-order valence-corrected chi connectivity index (χ0v) is 16.7. The van der Waals surface area contributed by atoms with Crippen LogP contribution in [0.5, 0.6) is 5.75 Å². The molecule has 0 aliphatic carbocycles. The van der Waals surface area contributed by atoms with Gasteiger partial charge in [-0.3, -0.25) is 10.2 Å². The lowest BCUT2D eigenvalue weighted by atomic mass is 10.0. The molecule has 0 aromatic heterocycles. The zero-order valence-electron chi connectivity index (χ0n) is 16.7. The minimum Gasteiger partial charge on any atom is -0.493 e. The summed E-state index contributed by atoms with van der Waals surface area (Å²) in [6, 6.07) is 13.1. The Morgan fingerprint density at radius 3 is 2.46 bits per heavy atom. The molecule has 150 valence electrons. The third-order valence-corrected chi connectivity index (χ3v) is 4.32. The van der Waals surface area contributed by atoms with Crippen molar-refractivity contribution in [3.05, 3.63) is 59.2 Å². The van der Waals surface area contributed by atoms with Crippen LogP contribution in [0, 0.1) is 5.41 Å². The summed E-state index contributed by atoms with van der Waals surface area (Å²) in [5.41, 5.74) is 9.15. The average molecular weight is 383 g/mol. The van der Waals surface area contributed by atoms with Gasteiger partial charge in [-0.15, -0.1) is 0 Å². The Bertz CT molecular complexity index is 803. The number of nitrogens with two attached hydrogens (primary N) is 1. The molecule has 0 bridgehead atoms. The van der Waals surface area contributed by atoms with Crippen molar-refractivity contribution in [3.63, 3.8) is 0 Å². The fraction of sp³-hybridized carbons (Fsp3) is 0.364.